The number of amides is 1. The zero-order chi connectivity index (χ0) is 14.9. The van der Waals surface area contributed by atoms with E-state index in [2.05, 4.69) is 9.97 Å². The summed E-state index contributed by atoms with van der Waals surface area (Å²) >= 11 is 0. The largest absolute Gasteiger partial charge is 0.333 e. The third kappa shape index (κ3) is 2.78. The highest BCUT2D eigenvalue weighted by Crippen LogP contribution is 2.22. The fourth-order valence-electron chi connectivity index (χ4n) is 2.27. The van der Waals surface area contributed by atoms with Crippen LogP contribution in [0, 0.1) is 0 Å². The lowest BCUT2D eigenvalue weighted by atomic mass is 10.1. The maximum atomic E-state index is 12.2. The molecule has 0 unspecified atom stereocenters. The number of nitrogens with zero attached hydrogens (tertiary/aromatic N) is 3. The second-order valence-corrected chi connectivity index (χ2v) is 6.69. The van der Waals surface area contributed by atoms with E-state index in [0.717, 1.165) is 11.1 Å². The summed E-state index contributed by atoms with van der Waals surface area (Å²) in [5.41, 5.74) is 2.11. The van der Waals surface area contributed by atoms with Crippen LogP contribution in [0.15, 0.2) is 47.9 Å². The fourth-order valence-corrected chi connectivity index (χ4v) is 3.35. The fraction of sp³-hybridized carbons (Fsp3) is 0.214. The first-order valence-electron chi connectivity index (χ1n) is 6.40. The molecule has 0 spiro atoms. The summed E-state index contributed by atoms with van der Waals surface area (Å²) in [7, 11) is -3.80. The minimum Gasteiger partial charge on any atom is -0.333 e. The number of carbonyl (C=O) groups is 1. The van der Waals surface area contributed by atoms with E-state index in [-0.39, 0.29) is 5.16 Å². The van der Waals surface area contributed by atoms with Crippen LogP contribution in [0.3, 0.4) is 0 Å². The molecule has 0 bridgehead atoms. The third-order valence-corrected chi connectivity index (χ3v) is 4.72. The molecule has 6 nitrogen and oxygen atoms in total. The molecule has 0 atom stereocenters. The van der Waals surface area contributed by atoms with Gasteiger partial charge in [-0.2, -0.15) is 0 Å². The molecule has 0 radical (unpaired) electrons. The molecule has 1 aliphatic heterocycles. The van der Waals surface area contributed by atoms with E-state index in [1.54, 1.807) is 0 Å². The first kappa shape index (κ1) is 13.7. The van der Waals surface area contributed by atoms with Crippen molar-refractivity contribution >= 4 is 15.7 Å². The van der Waals surface area contributed by atoms with Crippen LogP contribution in [-0.4, -0.2) is 34.9 Å². The third-order valence-electron chi connectivity index (χ3n) is 3.33. The van der Waals surface area contributed by atoms with Crippen molar-refractivity contribution in [2.24, 2.45) is 0 Å². The number of hydrogen-bond acceptors (Lipinski definition) is 5. The van der Waals surface area contributed by atoms with Gasteiger partial charge in [0.05, 0.1) is 0 Å². The number of fused-ring (bicyclic) bond motifs is 1. The number of hydrogen-bond donors (Lipinski definition) is 0. The number of aromatic nitrogens is 2. The molecule has 0 fully saturated rings. The summed E-state index contributed by atoms with van der Waals surface area (Å²) in [6.07, 6.45) is 2.69. The van der Waals surface area contributed by atoms with Gasteiger partial charge in [-0.15, -0.1) is 0 Å². The van der Waals surface area contributed by atoms with Crippen molar-refractivity contribution in [3.63, 3.8) is 0 Å². The van der Waals surface area contributed by atoms with Gasteiger partial charge in [-0.25, -0.2) is 18.4 Å². The SMILES string of the molecule is O=C(CS(=O)(=O)c1ncccn1)N1Cc2ccccc2C1. The van der Waals surface area contributed by atoms with Crippen molar-refractivity contribution in [3.8, 4) is 0 Å². The van der Waals surface area contributed by atoms with Crippen molar-refractivity contribution < 1.29 is 13.2 Å². The van der Waals surface area contributed by atoms with Crippen molar-refractivity contribution in [2.75, 3.05) is 5.75 Å². The van der Waals surface area contributed by atoms with E-state index in [4.69, 9.17) is 0 Å². The van der Waals surface area contributed by atoms with Crippen LogP contribution in [0.25, 0.3) is 0 Å². The summed E-state index contributed by atoms with van der Waals surface area (Å²) in [6, 6.07) is 9.22. The second-order valence-electron chi connectivity index (χ2n) is 4.81. The summed E-state index contributed by atoms with van der Waals surface area (Å²) in [4.78, 5) is 21.1. The first-order valence-corrected chi connectivity index (χ1v) is 8.06. The molecule has 1 amide bonds. The summed E-state index contributed by atoms with van der Waals surface area (Å²) in [6.45, 7) is 0.889. The van der Waals surface area contributed by atoms with E-state index < -0.39 is 21.5 Å². The summed E-state index contributed by atoms with van der Waals surface area (Å²) < 4.78 is 24.2. The van der Waals surface area contributed by atoms with E-state index in [9.17, 15) is 13.2 Å². The Morgan fingerprint density at radius 2 is 1.62 bits per heavy atom. The summed E-state index contributed by atoms with van der Waals surface area (Å²) in [5, 5.41) is -0.310. The number of benzene rings is 1. The second kappa shape index (κ2) is 5.25. The van der Waals surface area contributed by atoms with Gasteiger partial charge >= 0.3 is 0 Å². The minimum atomic E-state index is -3.80. The Balaban J connectivity index is 1.74. The molecular formula is C14H13N3O3S. The number of sulfone groups is 1. The van der Waals surface area contributed by atoms with Gasteiger partial charge in [0.2, 0.25) is 20.9 Å². The van der Waals surface area contributed by atoms with Gasteiger partial charge < -0.3 is 4.90 Å². The molecule has 21 heavy (non-hydrogen) atoms. The maximum absolute atomic E-state index is 12.2. The van der Waals surface area contributed by atoms with Crippen LogP contribution in [0.2, 0.25) is 0 Å². The van der Waals surface area contributed by atoms with Gasteiger partial charge in [0, 0.05) is 25.5 Å². The highest BCUT2D eigenvalue weighted by atomic mass is 32.2. The predicted octanol–water partition coefficient (Wildman–Crippen LogP) is 0.793. The summed E-state index contributed by atoms with van der Waals surface area (Å²) in [5.74, 6) is -1.04. The zero-order valence-corrected chi connectivity index (χ0v) is 12.0. The molecule has 0 aliphatic carbocycles. The Kier molecular flexibility index (Phi) is 3.42. The molecule has 108 valence electrons. The monoisotopic (exact) mass is 303 g/mol. The smallest absolute Gasteiger partial charge is 0.247 e. The van der Waals surface area contributed by atoms with Crippen LogP contribution < -0.4 is 0 Å². The molecule has 3 rings (SSSR count). The van der Waals surface area contributed by atoms with Gasteiger partial charge in [0.1, 0.15) is 5.75 Å². The van der Waals surface area contributed by atoms with Crippen LogP contribution in [0.5, 0.6) is 0 Å². The molecule has 2 aromatic rings. The minimum absolute atomic E-state index is 0.310. The molecule has 7 heteroatoms. The molecule has 2 heterocycles. The van der Waals surface area contributed by atoms with Crippen LogP contribution in [-0.2, 0) is 27.7 Å². The van der Waals surface area contributed by atoms with E-state index in [1.165, 1.54) is 23.4 Å². The molecule has 0 N–H and O–H groups in total. The van der Waals surface area contributed by atoms with Crippen molar-refractivity contribution in [2.45, 2.75) is 18.2 Å². The van der Waals surface area contributed by atoms with Crippen LogP contribution in [0.4, 0.5) is 0 Å². The van der Waals surface area contributed by atoms with E-state index in [0.29, 0.717) is 13.1 Å². The van der Waals surface area contributed by atoms with Crippen molar-refractivity contribution in [1.29, 1.82) is 0 Å². The van der Waals surface area contributed by atoms with E-state index in [1.807, 2.05) is 24.3 Å². The van der Waals surface area contributed by atoms with Crippen molar-refractivity contribution in [1.82, 2.24) is 14.9 Å². The van der Waals surface area contributed by atoms with Gasteiger partial charge in [-0.1, -0.05) is 24.3 Å². The number of rotatable bonds is 3. The average Bonchev–Trinajstić information content (AvgIpc) is 2.92. The standard InChI is InChI=1S/C14H13N3O3S/c18-13(10-21(19,20)14-15-6-3-7-16-14)17-8-11-4-1-2-5-12(11)9-17/h1-7H,8-10H2. The first-order chi connectivity index (χ1) is 10.1. The topological polar surface area (TPSA) is 80.2 Å². The molecule has 1 aliphatic rings. The molecular weight excluding hydrogens is 290 g/mol. The Morgan fingerprint density at radius 3 is 2.19 bits per heavy atom. The maximum Gasteiger partial charge on any atom is 0.247 e. The normalized spacial score (nSPS) is 14.0. The van der Waals surface area contributed by atoms with Gasteiger partial charge in [-0.3, -0.25) is 4.79 Å². The Bertz CT molecular complexity index is 750. The lowest BCUT2D eigenvalue weighted by Gasteiger charge is -2.14. The zero-order valence-electron chi connectivity index (χ0n) is 11.1. The van der Waals surface area contributed by atoms with Gasteiger partial charge in [0.15, 0.2) is 0 Å². The quantitative estimate of drug-likeness (QED) is 0.783. The van der Waals surface area contributed by atoms with Gasteiger partial charge in [-0.05, 0) is 17.2 Å². The highest BCUT2D eigenvalue weighted by molar-refractivity contribution is 7.91. The molecule has 0 saturated carbocycles. The Morgan fingerprint density at radius 1 is 1.05 bits per heavy atom. The van der Waals surface area contributed by atoms with Gasteiger partial charge in [0.25, 0.3) is 0 Å². The molecule has 1 aromatic heterocycles. The van der Waals surface area contributed by atoms with E-state index >= 15 is 0 Å². The van der Waals surface area contributed by atoms with Crippen LogP contribution in [0.1, 0.15) is 11.1 Å². The van der Waals surface area contributed by atoms with Crippen molar-refractivity contribution in [3.05, 3.63) is 53.9 Å². The highest BCUT2D eigenvalue weighted by Gasteiger charge is 2.28. The average molecular weight is 303 g/mol. The lowest BCUT2D eigenvalue weighted by Crippen LogP contribution is -2.32. The number of carbonyl (C=O) groups excluding carboxylic acids is 1. The molecule has 0 saturated heterocycles. The Labute approximate surface area is 122 Å². The predicted molar refractivity (Wildman–Crippen MR) is 74.8 cm³/mol. The Hall–Kier alpha value is -2.28. The lowest BCUT2D eigenvalue weighted by molar-refractivity contribution is -0.129. The van der Waals surface area contributed by atoms with Crippen LogP contribution >= 0.6 is 0 Å². The molecule has 1 aromatic carbocycles.